The van der Waals surface area contributed by atoms with Gasteiger partial charge in [-0.2, -0.15) is 0 Å². The Hall–Kier alpha value is -1.94. The molecule has 4 nitrogen and oxygen atoms in total. The van der Waals surface area contributed by atoms with E-state index in [1.807, 2.05) is 30.3 Å². The van der Waals surface area contributed by atoms with Crippen LogP contribution >= 0.6 is 0 Å². The molecule has 110 valence electrons. The molecule has 1 aliphatic heterocycles. The first-order valence-electron chi connectivity index (χ1n) is 7.54. The smallest absolute Gasteiger partial charge is 0.224 e. The average molecular weight is 283 g/mol. The summed E-state index contributed by atoms with van der Waals surface area (Å²) in [6.07, 6.45) is 4.58. The summed E-state index contributed by atoms with van der Waals surface area (Å²) in [5.74, 6) is 0.604. The van der Waals surface area contributed by atoms with E-state index in [1.54, 1.807) is 6.20 Å². The van der Waals surface area contributed by atoms with Crippen molar-refractivity contribution >= 4 is 22.5 Å². The van der Waals surface area contributed by atoms with Crippen molar-refractivity contribution in [1.29, 1.82) is 0 Å². The molecule has 0 saturated carbocycles. The number of anilines is 1. The molecule has 0 atom stereocenters. The van der Waals surface area contributed by atoms with Gasteiger partial charge in [0.2, 0.25) is 5.91 Å². The van der Waals surface area contributed by atoms with Crippen LogP contribution in [0.5, 0.6) is 0 Å². The second-order valence-electron chi connectivity index (χ2n) is 5.88. The fourth-order valence-electron chi connectivity index (χ4n) is 2.93. The van der Waals surface area contributed by atoms with Gasteiger partial charge in [0.05, 0.1) is 11.2 Å². The number of likely N-dealkylation sites (tertiary alicyclic amines) is 1. The fourth-order valence-corrected chi connectivity index (χ4v) is 2.93. The van der Waals surface area contributed by atoms with Crippen LogP contribution in [0, 0.1) is 5.92 Å². The number of hydrogen-bond donors (Lipinski definition) is 1. The van der Waals surface area contributed by atoms with Crippen molar-refractivity contribution in [3.63, 3.8) is 0 Å². The van der Waals surface area contributed by atoms with Crippen LogP contribution in [0.25, 0.3) is 10.9 Å². The number of hydrogen-bond acceptors (Lipinski definition) is 3. The van der Waals surface area contributed by atoms with E-state index in [4.69, 9.17) is 0 Å². The zero-order chi connectivity index (χ0) is 14.7. The van der Waals surface area contributed by atoms with Gasteiger partial charge in [-0.3, -0.25) is 9.78 Å². The minimum absolute atomic E-state index is 0.0997. The second kappa shape index (κ2) is 6.22. The molecule has 1 aliphatic rings. The molecule has 1 aromatic heterocycles. The highest BCUT2D eigenvalue weighted by Gasteiger charge is 2.19. The number of fused-ring (bicyclic) bond motifs is 1. The first kappa shape index (κ1) is 14.0. The number of aromatic nitrogens is 1. The summed E-state index contributed by atoms with van der Waals surface area (Å²) in [5.41, 5.74) is 1.67. The molecule has 1 fully saturated rings. The summed E-state index contributed by atoms with van der Waals surface area (Å²) >= 11 is 0. The molecule has 0 bridgehead atoms. The Morgan fingerprint density at radius 1 is 1.29 bits per heavy atom. The molecule has 21 heavy (non-hydrogen) atoms. The molecule has 3 rings (SSSR count). The van der Waals surface area contributed by atoms with Crippen LogP contribution in [-0.4, -0.2) is 35.9 Å². The number of carbonyl (C=O) groups is 1. The minimum Gasteiger partial charge on any atom is -0.324 e. The van der Waals surface area contributed by atoms with Crippen molar-refractivity contribution in [3.05, 3.63) is 36.5 Å². The lowest BCUT2D eigenvalue weighted by atomic mass is 9.93. The summed E-state index contributed by atoms with van der Waals surface area (Å²) in [6.45, 7) is 2.18. The zero-order valence-corrected chi connectivity index (χ0v) is 12.4. The normalized spacial score (nSPS) is 17.0. The summed E-state index contributed by atoms with van der Waals surface area (Å²) in [6, 6.07) is 9.80. The lowest BCUT2D eigenvalue weighted by molar-refractivity contribution is -0.117. The van der Waals surface area contributed by atoms with Gasteiger partial charge in [0, 0.05) is 18.0 Å². The van der Waals surface area contributed by atoms with E-state index >= 15 is 0 Å². The first-order valence-corrected chi connectivity index (χ1v) is 7.54. The van der Waals surface area contributed by atoms with E-state index in [0.717, 1.165) is 42.5 Å². The number of carbonyl (C=O) groups excluding carboxylic acids is 1. The van der Waals surface area contributed by atoms with Crippen LogP contribution in [-0.2, 0) is 4.79 Å². The highest BCUT2D eigenvalue weighted by molar-refractivity contribution is 6.00. The number of amides is 1. The summed E-state index contributed by atoms with van der Waals surface area (Å²) < 4.78 is 0. The van der Waals surface area contributed by atoms with E-state index in [1.165, 1.54) is 0 Å². The van der Waals surface area contributed by atoms with Crippen molar-refractivity contribution in [2.45, 2.75) is 19.3 Å². The van der Waals surface area contributed by atoms with Gasteiger partial charge in [0.25, 0.3) is 0 Å². The average Bonchev–Trinajstić information content (AvgIpc) is 2.50. The number of nitrogens with zero attached hydrogens (tertiary/aromatic N) is 2. The van der Waals surface area contributed by atoms with E-state index in [0.29, 0.717) is 12.3 Å². The van der Waals surface area contributed by atoms with Crippen molar-refractivity contribution in [3.8, 4) is 0 Å². The number of pyridine rings is 1. The third-order valence-corrected chi connectivity index (χ3v) is 4.22. The number of para-hydroxylation sites is 1. The Morgan fingerprint density at radius 3 is 2.86 bits per heavy atom. The fraction of sp³-hybridized carbons (Fsp3) is 0.412. The van der Waals surface area contributed by atoms with Crippen molar-refractivity contribution in [2.75, 3.05) is 25.5 Å². The Bertz CT molecular complexity index is 627. The van der Waals surface area contributed by atoms with Gasteiger partial charge in [-0.1, -0.05) is 18.2 Å². The van der Waals surface area contributed by atoms with Crippen molar-refractivity contribution in [2.24, 2.45) is 5.92 Å². The van der Waals surface area contributed by atoms with Gasteiger partial charge < -0.3 is 10.2 Å². The maximum Gasteiger partial charge on any atom is 0.224 e. The Balaban J connectivity index is 1.66. The predicted molar refractivity (Wildman–Crippen MR) is 85.2 cm³/mol. The highest BCUT2D eigenvalue weighted by Crippen LogP contribution is 2.23. The SMILES string of the molecule is CN1CCC(CC(=O)Nc2cccc3cccnc23)CC1. The molecule has 1 N–H and O–H groups in total. The van der Waals surface area contributed by atoms with E-state index in [2.05, 4.69) is 22.2 Å². The van der Waals surface area contributed by atoms with Crippen LogP contribution in [0.3, 0.4) is 0 Å². The van der Waals surface area contributed by atoms with Gasteiger partial charge in [0.15, 0.2) is 0 Å². The van der Waals surface area contributed by atoms with Crippen LogP contribution in [0.15, 0.2) is 36.5 Å². The quantitative estimate of drug-likeness (QED) is 0.942. The van der Waals surface area contributed by atoms with Gasteiger partial charge >= 0.3 is 0 Å². The molecule has 0 unspecified atom stereocenters. The number of piperidine rings is 1. The van der Waals surface area contributed by atoms with Gasteiger partial charge in [-0.25, -0.2) is 0 Å². The molecule has 4 heteroatoms. The maximum absolute atomic E-state index is 12.3. The topological polar surface area (TPSA) is 45.2 Å². The lowest BCUT2D eigenvalue weighted by Gasteiger charge is -2.28. The Labute approximate surface area is 125 Å². The van der Waals surface area contributed by atoms with E-state index < -0.39 is 0 Å². The largest absolute Gasteiger partial charge is 0.324 e. The molecule has 2 aromatic rings. The number of nitrogens with one attached hydrogen (secondary N) is 1. The van der Waals surface area contributed by atoms with Crippen LogP contribution < -0.4 is 5.32 Å². The van der Waals surface area contributed by atoms with Crippen LogP contribution in [0.4, 0.5) is 5.69 Å². The molecule has 1 aromatic carbocycles. The summed E-state index contributed by atoms with van der Waals surface area (Å²) in [4.78, 5) is 18.9. The van der Waals surface area contributed by atoms with E-state index in [-0.39, 0.29) is 5.91 Å². The standard InChI is InChI=1S/C17H21N3O/c1-20-10-7-13(8-11-20)12-16(21)19-15-6-2-4-14-5-3-9-18-17(14)15/h2-6,9,13H,7-8,10-12H2,1H3,(H,19,21). The zero-order valence-electron chi connectivity index (χ0n) is 12.4. The number of rotatable bonds is 3. The van der Waals surface area contributed by atoms with Crippen molar-refractivity contribution in [1.82, 2.24) is 9.88 Å². The van der Waals surface area contributed by atoms with Crippen LogP contribution in [0.1, 0.15) is 19.3 Å². The van der Waals surface area contributed by atoms with Gasteiger partial charge in [-0.05, 0) is 51.0 Å². The van der Waals surface area contributed by atoms with Crippen molar-refractivity contribution < 1.29 is 4.79 Å². The van der Waals surface area contributed by atoms with Gasteiger partial charge in [0.1, 0.15) is 0 Å². The number of benzene rings is 1. The summed E-state index contributed by atoms with van der Waals surface area (Å²) in [7, 11) is 2.14. The molecular weight excluding hydrogens is 262 g/mol. The maximum atomic E-state index is 12.3. The van der Waals surface area contributed by atoms with Crippen LogP contribution in [0.2, 0.25) is 0 Å². The first-order chi connectivity index (χ1) is 10.2. The second-order valence-corrected chi connectivity index (χ2v) is 5.88. The molecule has 0 spiro atoms. The Kier molecular flexibility index (Phi) is 4.15. The van der Waals surface area contributed by atoms with E-state index in [9.17, 15) is 4.79 Å². The molecule has 1 amide bonds. The summed E-state index contributed by atoms with van der Waals surface area (Å²) in [5, 5.41) is 4.08. The molecular formula is C17H21N3O. The molecule has 1 saturated heterocycles. The minimum atomic E-state index is 0.0997. The molecule has 2 heterocycles. The predicted octanol–water partition coefficient (Wildman–Crippen LogP) is 2.91. The molecule has 0 radical (unpaired) electrons. The third kappa shape index (κ3) is 3.39. The highest BCUT2D eigenvalue weighted by atomic mass is 16.1. The van der Waals surface area contributed by atoms with Gasteiger partial charge in [-0.15, -0.1) is 0 Å². The monoisotopic (exact) mass is 283 g/mol. The Morgan fingerprint density at radius 2 is 2.05 bits per heavy atom. The third-order valence-electron chi connectivity index (χ3n) is 4.22. The molecule has 0 aliphatic carbocycles. The lowest BCUT2D eigenvalue weighted by Crippen LogP contribution is -2.31.